The van der Waals surface area contributed by atoms with E-state index >= 15 is 0 Å². The van der Waals surface area contributed by atoms with E-state index in [1.807, 2.05) is 54.8 Å². The molecule has 0 spiro atoms. The first-order chi connectivity index (χ1) is 7.70. The summed E-state index contributed by atoms with van der Waals surface area (Å²) >= 11 is 0. The monoisotopic (exact) mass is 213 g/mol. The Morgan fingerprint density at radius 1 is 1.00 bits per heavy atom. The van der Waals surface area contributed by atoms with Crippen molar-refractivity contribution in [2.45, 2.75) is 19.9 Å². The number of aromatic nitrogens is 1. The van der Waals surface area contributed by atoms with Gasteiger partial charge in [0.1, 0.15) is 0 Å². The van der Waals surface area contributed by atoms with Crippen molar-refractivity contribution in [3.8, 4) is 0 Å². The van der Waals surface area contributed by atoms with Crippen LogP contribution in [0.15, 0.2) is 53.3 Å². The topological polar surface area (TPSA) is 22.0 Å². The highest BCUT2D eigenvalue weighted by atomic mass is 16.1. The summed E-state index contributed by atoms with van der Waals surface area (Å²) in [4.78, 5) is 11.8. The predicted octanol–water partition coefficient (Wildman–Crippen LogP) is 2.77. The van der Waals surface area contributed by atoms with E-state index in [1.165, 1.54) is 0 Å². The van der Waals surface area contributed by atoms with E-state index in [0.717, 1.165) is 11.3 Å². The third kappa shape index (κ3) is 1.91. The predicted molar refractivity (Wildman–Crippen MR) is 65.7 cm³/mol. The zero-order chi connectivity index (χ0) is 11.5. The standard InChI is InChI=1S/C14H15NO/c1-11-7-6-10-14(16)15(11)12(2)13-8-4-3-5-9-13/h3-10,12H,1-2H3. The number of hydrogen-bond donors (Lipinski definition) is 0. The minimum absolute atomic E-state index is 0.0522. The van der Waals surface area contributed by atoms with Crippen molar-refractivity contribution >= 4 is 0 Å². The molecule has 1 aromatic carbocycles. The summed E-state index contributed by atoms with van der Waals surface area (Å²) < 4.78 is 1.81. The fourth-order valence-corrected chi connectivity index (χ4v) is 1.98. The molecule has 0 aliphatic carbocycles. The molecule has 0 saturated carbocycles. The molecule has 1 aromatic heterocycles. The summed E-state index contributed by atoms with van der Waals surface area (Å²) in [5, 5.41) is 0. The van der Waals surface area contributed by atoms with Crippen LogP contribution < -0.4 is 5.56 Å². The van der Waals surface area contributed by atoms with Crippen LogP contribution in [0.2, 0.25) is 0 Å². The Bertz CT molecular complexity index is 528. The molecule has 0 aliphatic heterocycles. The molecule has 2 aromatic rings. The molecular formula is C14H15NO. The molecule has 2 heteroatoms. The van der Waals surface area contributed by atoms with E-state index in [2.05, 4.69) is 0 Å². The number of aryl methyl sites for hydroxylation is 1. The highest BCUT2D eigenvalue weighted by Crippen LogP contribution is 2.16. The Kier molecular flexibility index (Phi) is 2.91. The highest BCUT2D eigenvalue weighted by Gasteiger charge is 2.09. The second-order valence-electron chi connectivity index (χ2n) is 3.96. The first-order valence-corrected chi connectivity index (χ1v) is 5.43. The number of rotatable bonds is 2. The Morgan fingerprint density at radius 2 is 1.69 bits per heavy atom. The maximum absolute atomic E-state index is 11.8. The van der Waals surface area contributed by atoms with Gasteiger partial charge in [0.05, 0.1) is 6.04 Å². The third-order valence-electron chi connectivity index (χ3n) is 2.86. The van der Waals surface area contributed by atoms with E-state index in [0.29, 0.717) is 0 Å². The first kappa shape index (κ1) is 10.7. The van der Waals surface area contributed by atoms with Crippen molar-refractivity contribution in [3.63, 3.8) is 0 Å². The van der Waals surface area contributed by atoms with Crippen LogP contribution in [0.4, 0.5) is 0 Å². The lowest BCUT2D eigenvalue weighted by Crippen LogP contribution is -2.24. The molecule has 0 aliphatic rings. The average molecular weight is 213 g/mol. The van der Waals surface area contributed by atoms with E-state index in [1.54, 1.807) is 12.1 Å². The van der Waals surface area contributed by atoms with Gasteiger partial charge in [0.25, 0.3) is 5.56 Å². The quantitative estimate of drug-likeness (QED) is 0.751. The van der Waals surface area contributed by atoms with Crippen LogP contribution in [-0.4, -0.2) is 4.57 Å². The first-order valence-electron chi connectivity index (χ1n) is 5.43. The summed E-state index contributed by atoms with van der Waals surface area (Å²) in [5.41, 5.74) is 2.19. The molecule has 1 unspecified atom stereocenters. The van der Waals surface area contributed by atoms with Crippen molar-refractivity contribution in [1.29, 1.82) is 0 Å². The van der Waals surface area contributed by atoms with Gasteiger partial charge in [-0.15, -0.1) is 0 Å². The summed E-state index contributed by atoms with van der Waals surface area (Å²) in [6.45, 7) is 4.00. The van der Waals surface area contributed by atoms with Crippen LogP contribution in [0.1, 0.15) is 24.2 Å². The molecule has 82 valence electrons. The van der Waals surface area contributed by atoms with E-state index < -0.39 is 0 Å². The smallest absolute Gasteiger partial charge is 0.251 e. The fraction of sp³-hybridized carbons (Fsp3) is 0.214. The van der Waals surface area contributed by atoms with Crippen LogP contribution in [0, 0.1) is 6.92 Å². The van der Waals surface area contributed by atoms with Gasteiger partial charge < -0.3 is 4.57 Å². The molecule has 0 fully saturated rings. The van der Waals surface area contributed by atoms with Gasteiger partial charge in [0.2, 0.25) is 0 Å². The molecule has 0 saturated heterocycles. The van der Waals surface area contributed by atoms with Crippen molar-refractivity contribution in [1.82, 2.24) is 4.57 Å². The Labute approximate surface area is 95.2 Å². The number of nitrogens with zero attached hydrogens (tertiary/aromatic N) is 1. The normalized spacial score (nSPS) is 12.4. The number of benzene rings is 1. The second-order valence-corrected chi connectivity index (χ2v) is 3.96. The van der Waals surface area contributed by atoms with Crippen LogP contribution in [-0.2, 0) is 0 Å². The Balaban J connectivity index is 2.50. The van der Waals surface area contributed by atoms with Gasteiger partial charge in [-0.05, 0) is 25.5 Å². The second kappa shape index (κ2) is 4.35. The molecule has 0 bridgehead atoms. The van der Waals surface area contributed by atoms with Gasteiger partial charge in [-0.2, -0.15) is 0 Å². The zero-order valence-electron chi connectivity index (χ0n) is 9.55. The maximum atomic E-state index is 11.8. The highest BCUT2D eigenvalue weighted by molar-refractivity contribution is 5.21. The summed E-state index contributed by atoms with van der Waals surface area (Å²) in [6, 6.07) is 15.5. The van der Waals surface area contributed by atoms with Crippen molar-refractivity contribution in [3.05, 3.63) is 70.1 Å². The Morgan fingerprint density at radius 3 is 2.31 bits per heavy atom. The minimum atomic E-state index is 0.0522. The lowest BCUT2D eigenvalue weighted by molar-refractivity contribution is 0.597. The summed E-state index contributed by atoms with van der Waals surface area (Å²) in [7, 11) is 0. The largest absolute Gasteiger partial charge is 0.306 e. The van der Waals surface area contributed by atoms with Crippen LogP contribution in [0.5, 0.6) is 0 Å². The van der Waals surface area contributed by atoms with E-state index in [-0.39, 0.29) is 11.6 Å². The van der Waals surface area contributed by atoms with Gasteiger partial charge in [-0.3, -0.25) is 4.79 Å². The minimum Gasteiger partial charge on any atom is -0.306 e. The van der Waals surface area contributed by atoms with Crippen molar-refractivity contribution in [2.24, 2.45) is 0 Å². The van der Waals surface area contributed by atoms with Gasteiger partial charge in [-0.1, -0.05) is 36.4 Å². The SMILES string of the molecule is Cc1cccc(=O)n1C(C)c1ccccc1. The fourth-order valence-electron chi connectivity index (χ4n) is 1.98. The molecule has 16 heavy (non-hydrogen) atoms. The molecule has 2 rings (SSSR count). The van der Waals surface area contributed by atoms with Crippen molar-refractivity contribution in [2.75, 3.05) is 0 Å². The van der Waals surface area contributed by atoms with Gasteiger partial charge in [0, 0.05) is 11.8 Å². The maximum Gasteiger partial charge on any atom is 0.251 e. The zero-order valence-corrected chi connectivity index (χ0v) is 9.55. The lowest BCUT2D eigenvalue weighted by atomic mass is 10.1. The third-order valence-corrected chi connectivity index (χ3v) is 2.86. The number of hydrogen-bond acceptors (Lipinski definition) is 1. The molecule has 0 N–H and O–H groups in total. The molecule has 0 radical (unpaired) electrons. The average Bonchev–Trinajstić information content (AvgIpc) is 2.30. The van der Waals surface area contributed by atoms with Crippen LogP contribution >= 0.6 is 0 Å². The molecule has 0 amide bonds. The van der Waals surface area contributed by atoms with Crippen LogP contribution in [0.3, 0.4) is 0 Å². The lowest BCUT2D eigenvalue weighted by Gasteiger charge is -2.18. The van der Waals surface area contributed by atoms with Gasteiger partial charge >= 0.3 is 0 Å². The van der Waals surface area contributed by atoms with Gasteiger partial charge in [0.15, 0.2) is 0 Å². The molecule has 1 heterocycles. The van der Waals surface area contributed by atoms with Crippen LogP contribution in [0.25, 0.3) is 0 Å². The van der Waals surface area contributed by atoms with E-state index in [9.17, 15) is 4.79 Å². The molecule has 1 atom stereocenters. The molecular weight excluding hydrogens is 198 g/mol. The summed E-state index contributed by atoms with van der Waals surface area (Å²) in [5.74, 6) is 0. The molecule has 2 nitrogen and oxygen atoms in total. The summed E-state index contributed by atoms with van der Waals surface area (Å²) in [6.07, 6.45) is 0. The van der Waals surface area contributed by atoms with E-state index in [4.69, 9.17) is 0 Å². The van der Waals surface area contributed by atoms with Gasteiger partial charge in [-0.25, -0.2) is 0 Å². The van der Waals surface area contributed by atoms with Crippen molar-refractivity contribution < 1.29 is 0 Å². The number of pyridine rings is 1. The Hall–Kier alpha value is -1.83.